The van der Waals surface area contributed by atoms with E-state index in [9.17, 15) is 9.59 Å². The fourth-order valence-electron chi connectivity index (χ4n) is 3.58. The van der Waals surface area contributed by atoms with Crippen molar-refractivity contribution in [1.29, 1.82) is 0 Å². The molecule has 4 aromatic rings. The molecule has 5 nitrogen and oxygen atoms in total. The first-order chi connectivity index (χ1) is 15.0. The van der Waals surface area contributed by atoms with Crippen molar-refractivity contribution in [2.24, 2.45) is 0 Å². The third-order valence-electron chi connectivity index (χ3n) is 5.11. The van der Waals surface area contributed by atoms with Gasteiger partial charge < -0.3 is 10.6 Å². The number of benzene rings is 3. The number of anilines is 2. The zero-order valence-electron chi connectivity index (χ0n) is 17.5. The second-order valence-electron chi connectivity index (χ2n) is 7.30. The predicted molar refractivity (Wildman–Crippen MR) is 125 cm³/mol. The van der Waals surface area contributed by atoms with Gasteiger partial charge in [0.05, 0.1) is 16.8 Å². The molecule has 3 aromatic carbocycles. The number of carbonyl (C=O) groups excluding carboxylic acids is 2. The van der Waals surface area contributed by atoms with Crippen molar-refractivity contribution in [3.8, 4) is 11.3 Å². The van der Waals surface area contributed by atoms with E-state index in [2.05, 4.69) is 17.6 Å². The molecule has 0 aliphatic carbocycles. The van der Waals surface area contributed by atoms with Gasteiger partial charge in [-0.2, -0.15) is 0 Å². The van der Waals surface area contributed by atoms with E-state index in [1.807, 2.05) is 78.9 Å². The van der Waals surface area contributed by atoms with E-state index in [1.54, 1.807) is 0 Å². The summed E-state index contributed by atoms with van der Waals surface area (Å²) >= 11 is 0. The fourth-order valence-corrected chi connectivity index (χ4v) is 3.58. The average Bonchev–Trinajstić information content (AvgIpc) is 2.78. The van der Waals surface area contributed by atoms with Gasteiger partial charge in [0.25, 0.3) is 5.91 Å². The highest BCUT2D eigenvalue weighted by molar-refractivity contribution is 6.13. The molecule has 0 bridgehead atoms. The Kier molecular flexibility index (Phi) is 5.76. The van der Waals surface area contributed by atoms with Gasteiger partial charge in [-0.3, -0.25) is 9.59 Å². The van der Waals surface area contributed by atoms with Crippen LogP contribution in [0.5, 0.6) is 0 Å². The molecule has 4 rings (SSSR count). The first-order valence-electron chi connectivity index (χ1n) is 10.2. The van der Waals surface area contributed by atoms with Gasteiger partial charge in [0.1, 0.15) is 0 Å². The maximum absolute atomic E-state index is 13.3. The second-order valence-corrected chi connectivity index (χ2v) is 7.30. The Morgan fingerprint density at radius 2 is 1.58 bits per heavy atom. The largest absolute Gasteiger partial charge is 0.326 e. The van der Waals surface area contributed by atoms with Gasteiger partial charge in [-0.05, 0) is 42.3 Å². The van der Waals surface area contributed by atoms with Crippen molar-refractivity contribution in [1.82, 2.24) is 4.98 Å². The number of fused-ring (bicyclic) bond motifs is 1. The topological polar surface area (TPSA) is 71.1 Å². The van der Waals surface area contributed by atoms with Crippen LogP contribution in [0.3, 0.4) is 0 Å². The molecule has 1 aromatic heterocycles. The lowest BCUT2D eigenvalue weighted by molar-refractivity contribution is -0.114. The number of hydrogen-bond donors (Lipinski definition) is 2. The number of rotatable bonds is 5. The summed E-state index contributed by atoms with van der Waals surface area (Å²) in [5, 5.41) is 6.62. The van der Waals surface area contributed by atoms with E-state index in [0.29, 0.717) is 16.9 Å². The minimum Gasteiger partial charge on any atom is -0.326 e. The maximum atomic E-state index is 13.3. The van der Waals surface area contributed by atoms with E-state index in [-0.39, 0.29) is 11.8 Å². The van der Waals surface area contributed by atoms with Crippen LogP contribution in [0.1, 0.15) is 29.8 Å². The summed E-state index contributed by atoms with van der Waals surface area (Å²) in [5.74, 6) is -0.293. The van der Waals surface area contributed by atoms with Crippen LogP contribution < -0.4 is 10.6 Å². The molecule has 0 atom stereocenters. The fraction of sp³-hybridized carbons (Fsp3) is 0.115. The van der Waals surface area contributed by atoms with Gasteiger partial charge in [0, 0.05) is 29.2 Å². The monoisotopic (exact) mass is 409 g/mol. The molecule has 0 radical (unpaired) electrons. The summed E-state index contributed by atoms with van der Waals surface area (Å²) in [5.41, 5.74) is 5.49. The first kappa shape index (κ1) is 20.3. The summed E-state index contributed by atoms with van der Waals surface area (Å²) < 4.78 is 0. The molecule has 0 aliphatic rings. The molecule has 5 heteroatoms. The molecule has 0 spiro atoms. The lowest BCUT2D eigenvalue weighted by atomic mass is 10.0. The summed E-state index contributed by atoms with van der Waals surface area (Å²) in [6.07, 6.45) is 0.833. The Bertz CT molecular complexity index is 1260. The molecule has 154 valence electrons. The zero-order chi connectivity index (χ0) is 21.8. The Morgan fingerprint density at radius 3 is 2.32 bits per heavy atom. The Morgan fingerprint density at radius 1 is 0.871 bits per heavy atom. The standard InChI is InChI=1S/C26H23N3O2/c1-3-18-8-4-6-10-23(18)29-26(31)22-16-25(28-24-11-7-5-9-21(22)24)19-12-14-20(15-13-19)27-17(2)30/h4-16H,3H2,1-2H3,(H,27,30)(H,29,31). The van der Waals surface area contributed by atoms with Crippen LogP contribution in [-0.4, -0.2) is 16.8 Å². The minimum atomic E-state index is -0.171. The van der Waals surface area contributed by atoms with Gasteiger partial charge in [0.2, 0.25) is 5.91 Å². The molecule has 0 aliphatic heterocycles. The number of para-hydroxylation sites is 2. The molecule has 1 heterocycles. The smallest absolute Gasteiger partial charge is 0.256 e. The highest BCUT2D eigenvalue weighted by Gasteiger charge is 2.15. The maximum Gasteiger partial charge on any atom is 0.256 e. The molecular formula is C26H23N3O2. The van der Waals surface area contributed by atoms with E-state index in [0.717, 1.165) is 34.1 Å². The van der Waals surface area contributed by atoms with Crippen LogP contribution in [-0.2, 0) is 11.2 Å². The summed E-state index contributed by atoms with van der Waals surface area (Å²) in [7, 11) is 0. The Hall–Kier alpha value is -3.99. The molecule has 0 saturated heterocycles. The van der Waals surface area contributed by atoms with Crippen molar-refractivity contribution < 1.29 is 9.59 Å². The predicted octanol–water partition coefficient (Wildman–Crippen LogP) is 5.67. The van der Waals surface area contributed by atoms with Gasteiger partial charge in [-0.25, -0.2) is 4.98 Å². The van der Waals surface area contributed by atoms with Crippen molar-refractivity contribution in [2.75, 3.05) is 10.6 Å². The van der Waals surface area contributed by atoms with E-state index in [1.165, 1.54) is 6.92 Å². The lowest BCUT2D eigenvalue weighted by Crippen LogP contribution is -2.14. The number of aryl methyl sites for hydroxylation is 1. The minimum absolute atomic E-state index is 0.122. The van der Waals surface area contributed by atoms with E-state index >= 15 is 0 Å². The van der Waals surface area contributed by atoms with Gasteiger partial charge in [0.15, 0.2) is 0 Å². The SMILES string of the molecule is CCc1ccccc1NC(=O)c1cc(-c2ccc(NC(C)=O)cc2)nc2ccccc12. The molecule has 31 heavy (non-hydrogen) atoms. The first-order valence-corrected chi connectivity index (χ1v) is 10.2. The molecule has 2 N–H and O–H groups in total. The third kappa shape index (κ3) is 4.46. The molecule has 0 unspecified atom stereocenters. The number of amides is 2. The van der Waals surface area contributed by atoms with Crippen LogP contribution >= 0.6 is 0 Å². The molecule has 0 saturated carbocycles. The number of hydrogen-bond acceptors (Lipinski definition) is 3. The zero-order valence-corrected chi connectivity index (χ0v) is 17.5. The van der Waals surface area contributed by atoms with E-state index in [4.69, 9.17) is 4.98 Å². The van der Waals surface area contributed by atoms with Crippen LogP contribution in [0.2, 0.25) is 0 Å². The van der Waals surface area contributed by atoms with Gasteiger partial charge >= 0.3 is 0 Å². The molecular weight excluding hydrogens is 386 g/mol. The van der Waals surface area contributed by atoms with Crippen molar-refractivity contribution in [3.05, 3.63) is 90.0 Å². The highest BCUT2D eigenvalue weighted by atomic mass is 16.2. The van der Waals surface area contributed by atoms with Gasteiger partial charge in [-0.1, -0.05) is 55.5 Å². The Balaban J connectivity index is 1.74. The van der Waals surface area contributed by atoms with Crippen molar-refractivity contribution in [2.45, 2.75) is 20.3 Å². The third-order valence-corrected chi connectivity index (χ3v) is 5.11. The van der Waals surface area contributed by atoms with Crippen molar-refractivity contribution in [3.63, 3.8) is 0 Å². The van der Waals surface area contributed by atoms with Crippen LogP contribution in [0.15, 0.2) is 78.9 Å². The molecule has 0 fully saturated rings. The van der Waals surface area contributed by atoms with Crippen molar-refractivity contribution >= 4 is 34.1 Å². The normalized spacial score (nSPS) is 10.6. The van der Waals surface area contributed by atoms with Crippen LogP contribution in [0.4, 0.5) is 11.4 Å². The highest BCUT2D eigenvalue weighted by Crippen LogP contribution is 2.27. The second kappa shape index (κ2) is 8.79. The Labute approximate surface area is 181 Å². The number of aromatic nitrogens is 1. The average molecular weight is 409 g/mol. The lowest BCUT2D eigenvalue weighted by Gasteiger charge is -2.13. The molecule has 2 amide bonds. The number of nitrogens with zero attached hydrogens (tertiary/aromatic N) is 1. The van der Waals surface area contributed by atoms with Crippen LogP contribution in [0.25, 0.3) is 22.2 Å². The number of carbonyl (C=O) groups is 2. The summed E-state index contributed by atoms with van der Waals surface area (Å²) in [6, 6.07) is 24.7. The van der Waals surface area contributed by atoms with E-state index < -0.39 is 0 Å². The quantitative estimate of drug-likeness (QED) is 0.446. The number of pyridine rings is 1. The van der Waals surface area contributed by atoms with Crippen LogP contribution in [0, 0.1) is 0 Å². The number of nitrogens with one attached hydrogen (secondary N) is 2. The summed E-state index contributed by atoms with van der Waals surface area (Å²) in [6.45, 7) is 3.54. The van der Waals surface area contributed by atoms with Gasteiger partial charge in [-0.15, -0.1) is 0 Å². The summed E-state index contributed by atoms with van der Waals surface area (Å²) in [4.78, 5) is 29.3.